The number of halogens is 1. The quantitative estimate of drug-likeness (QED) is 0.515. The van der Waals surface area contributed by atoms with Gasteiger partial charge in [-0.2, -0.15) is 4.99 Å². The molecule has 0 radical (unpaired) electrons. The van der Waals surface area contributed by atoms with Crippen LogP contribution in [0, 0.1) is 26.2 Å². The molecule has 3 aromatic rings. The summed E-state index contributed by atoms with van der Waals surface area (Å²) < 4.78 is 27.7. The topological polar surface area (TPSA) is 68.5 Å². The highest BCUT2D eigenvalue weighted by molar-refractivity contribution is 7.91. The molecule has 0 atom stereocenters. The standard InChI is InChI=1S/C22H21ClN2O3S2/c1-4-11-25-19-14-15(2)13-16(3)21(19)29-22(25)24-20(26)6-5-12-30(27,28)18-9-7-17(23)8-10-18/h1,7-10,13-14H,5-6,11-12H2,2-3H3. The van der Waals surface area contributed by atoms with Crippen LogP contribution in [0.25, 0.3) is 10.2 Å². The van der Waals surface area contributed by atoms with Crippen molar-refractivity contribution in [3.05, 3.63) is 57.3 Å². The number of carbonyl (C=O) groups is 1. The van der Waals surface area contributed by atoms with E-state index in [1.165, 1.54) is 35.6 Å². The van der Waals surface area contributed by atoms with Crippen molar-refractivity contribution in [1.82, 2.24) is 4.57 Å². The summed E-state index contributed by atoms with van der Waals surface area (Å²) in [6.45, 7) is 4.33. The van der Waals surface area contributed by atoms with E-state index in [0.717, 1.165) is 21.3 Å². The number of sulfone groups is 1. The van der Waals surface area contributed by atoms with Crippen LogP contribution in [-0.2, 0) is 21.2 Å². The average molecular weight is 461 g/mol. The number of amides is 1. The first-order valence-electron chi connectivity index (χ1n) is 9.31. The molecule has 156 valence electrons. The number of terminal acetylenes is 1. The molecule has 0 saturated carbocycles. The van der Waals surface area contributed by atoms with Gasteiger partial charge in [-0.05, 0) is 61.7 Å². The summed E-state index contributed by atoms with van der Waals surface area (Å²) in [7, 11) is -3.47. The Morgan fingerprint density at radius 1 is 1.23 bits per heavy atom. The Hall–Kier alpha value is -2.40. The highest BCUT2D eigenvalue weighted by Crippen LogP contribution is 2.23. The van der Waals surface area contributed by atoms with Crippen molar-refractivity contribution in [2.45, 2.75) is 38.1 Å². The molecule has 30 heavy (non-hydrogen) atoms. The monoisotopic (exact) mass is 460 g/mol. The SMILES string of the molecule is C#CCn1c(=NC(=O)CCCS(=O)(=O)c2ccc(Cl)cc2)sc2c(C)cc(C)cc21. The van der Waals surface area contributed by atoms with E-state index in [0.29, 0.717) is 16.4 Å². The third kappa shape index (κ3) is 5.01. The molecule has 8 heteroatoms. The Bertz CT molecular complexity index is 1310. The maximum absolute atomic E-state index is 12.4. The van der Waals surface area contributed by atoms with Gasteiger partial charge >= 0.3 is 0 Å². The zero-order chi connectivity index (χ0) is 21.9. The minimum absolute atomic E-state index is 0.0368. The number of carbonyl (C=O) groups excluding carboxylic acids is 1. The summed E-state index contributed by atoms with van der Waals surface area (Å²) in [5.74, 6) is 2.11. The molecule has 3 rings (SSSR count). The molecule has 0 unspecified atom stereocenters. The van der Waals surface area contributed by atoms with E-state index in [4.69, 9.17) is 18.0 Å². The van der Waals surface area contributed by atoms with E-state index >= 15 is 0 Å². The van der Waals surface area contributed by atoms with E-state index in [1.807, 2.05) is 24.5 Å². The van der Waals surface area contributed by atoms with Gasteiger partial charge in [-0.1, -0.05) is 34.9 Å². The van der Waals surface area contributed by atoms with Crippen molar-refractivity contribution in [3.8, 4) is 12.3 Å². The summed E-state index contributed by atoms with van der Waals surface area (Å²) in [6, 6.07) is 10.1. The van der Waals surface area contributed by atoms with E-state index < -0.39 is 9.84 Å². The third-order valence-electron chi connectivity index (χ3n) is 4.56. The maximum Gasteiger partial charge on any atom is 0.248 e. The van der Waals surface area contributed by atoms with Gasteiger partial charge < -0.3 is 4.57 Å². The van der Waals surface area contributed by atoms with E-state index in [1.54, 1.807) is 0 Å². The molecule has 0 saturated heterocycles. The van der Waals surface area contributed by atoms with Crippen molar-refractivity contribution in [2.75, 3.05) is 5.75 Å². The average Bonchev–Trinajstić information content (AvgIpc) is 3.00. The summed E-state index contributed by atoms with van der Waals surface area (Å²) in [4.78, 5) is 17.4. The summed E-state index contributed by atoms with van der Waals surface area (Å²) in [6.07, 6.45) is 5.73. The summed E-state index contributed by atoms with van der Waals surface area (Å²) >= 11 is 7.22. The third-order valence-corrected chi connectivity index (χ3v) is 7.86. The van der Waals surface area contributed by atoms with Crippen molar-refractivity contribution in [1.29, 1.82) is 0 Å². The second-order valence-corrected chi connectivity index (χ2v) is 10.5. The van der Waals surface area contributed by atoms with Crippen molar-refractivity contribution in [3.63, 3.8) is 0 Å². The molecule has 1 amide bonds. The fourth-order valence-electron chi connectivity index (χ4n) is 3.18. The molecule has 0 aliphatic heterocycles. The molecule has 0 fully saturated rings. The van der Waals surface area contributed by atoms with Crippen LogP contribution < -0.4 is 4.80 Å². The molecule has 1 heterocycles. The fourth-order valence-corrected chi connectivity index (χ4v) is 5.71. The minimum atomic E-state index is -3.47. The minimum Gasteiger partial charge on any atom is -0.305 e. The highest BCUT2D eigenvalue weighted by Gasteiger charge is 2.15. The molecule has 0 bridgehead atoms. The molecule has 0 aliphatic carbocycles. The lowest BCUT2D eigenvalue weighted by molar-refractivity contribution is -0.118. The van der Waals surface area contributed by atoms with Gasteiger partial charge in [-0.25, -0.2) is 8.42 Å². The van der Waals surface area contributed by atoms with Crippen LogP contribution >= 0.6 is 22.9 Å². The first-order chi connectivity index (χ1) is 14.2. The number of fused-ring (bicyclic) bond motifs is 1. The Morgan fingerprint density at radius 2 is 1.93 bits per heavy atom. The predicted molar refractivity (Wildman–Crippen MR) is 121 cm³/mol. The lowest BCUT2D eigenvalue weighted by atomic mass is 10.1. The zero-order valence-electron chi connectivity index (χ0n) is 16.7. The Balaban J connectivity index is 1.79. The number of hydrogen-bond donors (Lipinski definition) is 0. The number of thiazole rings is 1. The van der Waals surface area contributed by atoms with E-state index in [2.05, 4.69) is 17.0 Å². The Labute approximate surface area is 185 Å². The van der Waals surface area contributed by atoms with Gasteiger partial charge in [-0.3, -0.25) is 4.79 Å². The molecule has 1 aromatic heterocycles. The number of aromatic nitrogens is 1. The smallest absolute Gasteiger partial charge is 0.248 e. The van der Waals surface area contributed by atoms with Crippen LogP contribution in [-0.4, -0.2) is 24.6 Å². The zero-order valence-corrected chi connectivity index (χ0v) is 19.1. The van der Waals surface area contributed by atoms with Crippen molar-refractivity contribution >= 4 is 48.9 Å². The molecule has 2 aromatic carbocycles. The summed E-state index contributed by atoms with van der Waals surface area (Å²) in [5, 5.41) is 0.469. The molecule has 0 N–H and O–H groups in total. The molecule has 0 aliphatic rings. The van der Waals surface area contributed by atoms with Gasteiger partial charge in [0.2, 0.25) is 5.91 Å². The second-order valence-electron chi connectivity index (χ2n) is 6.99. The Morgan fingerprint density at radius 3 is 2.60 bits per heavy atom. The first kappa shape index (κ1) is 22.3. The van der Waals surface area contributed by atoms with Crippen LogP contribution in [0.3, 0.4) is 0 Å². The van der Waals surface area contributed by atoms with E-state index in [9.17, 15) is 13.2 Å². The van der Waals surface area contributed by atoms with Crippen LogP contribution in [0.1, 0.15) is 24.0 Å². The largest absolute Gasteiger partial charge is 0.305 e. The maximum atomic E-state index is 12.4. The number of aryl methyl sites for hydroxylation is 2. The molecular weight excluding hydrogens is 440 g/mol. The van der Waals surface area contributed by atoms with Crippen LogP contribution in [0.2, 0.25) is 5.02 Å². The summed E-state index contributed by atoms with van der Waals surface area (Å²) in [5.41, 5.74) is 3.16. The lowest BCUT2D eigenvalue weighted by Crippen LogP contribution is -2.17. The second kappa shape index (κ2) is 9.17. The molecular formula is C22H21ClN2O3S2. The molecule has 5 nitrogen and oxygen atoms in total. The van der Waals surface area contributed by atoms with Crippen LogP contribution in [0.5, 0.6) is 0 Å². The normalized spacial score (nSPS) is 12.3. The predicted octanol–water partition coefficient (Wildman–Crippen LogP) is 4.29. The van der Waals surface area contributed by atoms with Gasteiger partial charge in [0.25, 0.3) is 0 Å². The number of nitrogens with zero attached hydrogens (tertiary/aromatic N) is 2. The van der Waals surface area contributed by atoms with E-state index in [-0.39, 0.29) is 29.4 Å². The van der Waals surface area contributed by atoms with Crippen LogP contribution in [0.4, 0.5) is 0 Å². The van der Waals surface area contributed by atoms with Gasteiger partial charge in [0.1, 0.15) is 0 Å². The first-order valence-corrected chi connectivity index (χ1v) is 12.2. The Kier molecular flexibility index (Phi) is 6.81. The van der Waals surface area contributed by atoms with Crippen LogP contribution in [0.15, 0.2) is 46.3 Å². The van der Waals surface area contributed by atoms with Crippen molar-refractivity contribution in [2.24, 2.45) is 4.99 Å². The number of rotatable bonds is 6. The van der Waals surface area contributed by atoms with Gasteiger partial charge in [-0.15, -0.1) is 6.42 Å². The van der Waals surface area contributed by atoms with Crippen molar-refractivity contribution < 1.29 is 13.2 Å². The number of hydrogen-bond acceptors (Lipinski definition) is 4. The number of benzene rings is 2. The van der Waals surface area contributed by atoms with Gasteiger partial charge in [0.15, 0.2) is 14.6 Å². The molecule has 0 spiro atoms. The fraction of sp³-hybridized carbons (Fsp3) is 0.273. The van der Waals surface area contributed by atoms with Gasteiger partial charge in [0.05, 0.1) is 27.4 Å². The lowest BCUT2D eigenvalue weighted by Gasteiger charge is -2.04. The highest BCUT2D eigenvalue weighted by atomic mass is 35.5. The van der Waals surface area contributed by atoms with Gasteiger partial charge in [0, 0.05) is 11.4 Å².